The second-order valence-corrected chi connectivity index (χ2v) is 11.5. The van der Waals surface area contributed by atoms with Crippen LogP contribution >= 0.6 is 0 Å². The lowest BCUT2D eigenvalue weighted by Gasteiger charge is -2.56. The molecule has 5 rings (SSSR count). The maximum atomic E-state index is 10.4. The number of aliphatic hydroxyl groups excluding tert-OH is 3. The van der Waals surface area contributed by atoms with Gasteiger partial charge in [-0.15, -0.1) is 0 Å². The molecular formula is C26H47NO5. The smallest absolute Gasteiger partial charge is 0.109 e. The first-order valence-corrected chi connectivity index (χ1v) is 13.4. The molecule has 0 aromatic rings. The van der Waals surface area contributed by atoms with Crippen molar-refractivity contribution in [3.63, 3.8) is 0 Å². The van der Waals surface area contributed by atoms with E-state index in [1.807, 2.05) is 0 Å². The predicted molar refractivity (Wildman–Crippen MR) is 124 cm³/mol. The molecule has 0 aromatic carbocycles. The lowest BCUT2D eigenvalue weighted by Crippen LogP contribution is -2.63. The van der Waals surface area contributed by atoms with E-state index in [-0.39, 0.29) is 6.61 Å². The van der Waals surface area contributed by atoms with Gasteiger partial charge < -0.3 is 24.8 Å². The molecule has 4 atom stereocenters. The molecule has 1 heterocycles. The van der Waals surface area contributed by atoms with Crippen LogP contribution in [0.1, 0.15) is 77.6 Å². The number of ether oxygens (including phenoxy) is 2. The van der Waals surface area contributed by atoms with E-state index in [9.17, 15) is 15.3 Å². The van der Waals surface area contributed by atoms with Crippen LogP contribution in [-0.4, -0.2) is 84.1 Å². The van der Waals surface area contributed by atoms with Crippen molar-refractivity contribution in [2.45, 2.75) is 102 Å². The number of nitrogens with zero attached hydrogens (tertiary/aromatic N) is 1. The number of hydrogen-bond acceptors (Lipinski definition) is 6. The molecule has 4 aliphatic carbocycles. The Labute approximate surface area is 194 Å². The van der Waals surface area contributed by atoms with E-state index in [2.05, 4.69) is 11.8 Å². The minimum atomic E-state index is -0.964. The topological polar surface area (TPSA) is 82.4 Å². The van der Waals surface area contributed by atoms with Crippen LogP contribution in [0, 0.1) is 23.2 Å². The summed E-state index contributed by atoms with van der Waals surface area (Å²) < 4.78 is 12.1. The van der Waals surface area contributed by atoms with Crippen LogP contribution in [0.5, 0.6) is 0 Å². The lowest BCUT2D eigenvalue weighted by atomic mass is 9.50. The molecule has 1 aliphatic heterocycles. The maximum absolute atomic E-state index is 10.4. The third-order valence-corrected chi connectivity index (χ3v) is 8.83. The summed E-state index contributed by atoms with van der Waals surface area (Å²) in [6, 6.07) is -0.400. The van der Waals surface area contributed by atoms with Crippen molar-refractivity contribution >= 4 is 0 Å². The van der Waals surface area contributed by atoms with Crippen LogP contribution in [0.4, 0.5) is 0 Å². The van der Waals surface area contributed by atoms with Crippen molar-refractivity contribution in [3.05, 3.63) is 0 Å². The largest absolute Gasteiger partial charge is 0.395 e. The van der Waals surface area contributed by atoms with Crippen LogP contribution in [0.25, 0.3) is 0 Å². The van der Waals surface area contributed by atoms with Gasteiger partial charge in [-0.25, -0.2) is 0 Å². The van der Waals surface area contributed by atoms with E-state index in [1.165, 1.54) is 38.5 Å². The van der Waals surface area contributed by atoms with Gasteiger partial charge in [-0.05, 0) is 93.9 Å². The highest BCUT2D eigenvalue weighted by Crippen LogP contribution is 2.60. The van der Waals surface area contributed by atoms with Crippen LogP contribution in [-0.2, 0) is 9.47 Å². The second-order valence-electron chi connectivity index (χ2n) is 11.5. The highest BCUT2D eigenvalue weighted by molar-refractivity contribution is 5.01. The molecule has 0 spiro atoms. The van der Waals surface area contributed by atoms with E-state index >= 15 is 0 Å². The Morgan fingerprint density at radius 1 is 0.875 bits per heavy atom. The number of aliphatic hydroxyl groups is 3. The first-order valence-electron chi connectivity index (χ1n) is 13.4. The molecule has 4 saturated carbocycles. The molecular weight excluding hydrogens is 406 g/mol. The van der Waals surface area contributed by atoms with Crippen LogP contribution in [0.2, 0.25) is 0 Å². The number of likely N-dealkylation sites (tertiary alicyclic amines) is 1. The van der Waals surface area contributed by atoms with Crippen molar-refractivity contribution in [1.82, 2.24) is 4.90 Å². The van der Waals surface area contributed by atoms with Gasteiger partial charge in [-0.3, -0.25) is 4.90 Å². The molecule has 4 bridgehead atoms. The monoisotopic (exact) mass is 453 g/mol. The van der Waals surface area contributed by atoms with Crippen LogP contribution in [0.3, 0.4) is 0 Å². The minimum absolute atomic E-state index is 0.141. The number of unbranched alkanes of at least 4 members (excludes halogenated alkanes) is 3. The average Bonchev–Trinajstić information content (AvgIpc) is 2.76. The van der Waals surface area contributed by atoms with Gasteiger partial charge >= 0.3 is 0 Å². The molecule has 5 aliphatic rings. The molecule has 5 fully saturated rings. The van der Waals surface area contributed by atoms with Gasteiger partial charge in [-0.2, -0.15) is 0 Å². The molecule has 186 valence electrons. The Kier molecular flexibility index (Phi) is 8.91. The second kappa shape index (κ2) is 11.5. The number of piperidine rings is 1. The van der Waals surface area contributed by atoms with Crippen molar-refractivity contribution in [3.8, 4) is 0 Å². The van der Waals surface area contributed by atoms with Crippen LogP contribution < -0.4 is 0 Å². The minimum Gasteiger partial charge on any atom is -0.395 e. The summed E-state index contributed by atoms with van der Waals surface area (Å²) in [6.45, 7) is 5.77. The fourth-order valence-electron chi connectivity index (χ4n) is 7.60. The fraction of sp³-hybridized carbons (Fsp3) is 1.00. The highest BCUT2D eigenvalue weighted by atomic mass is 16.5. The van der Waals surface area contributed by atoms with Gasteiger partial charge in [0.15, 0.2) is 0 Å². The normalized spacial score (nSPS) is 41.4. The average molecular weight is 454 g/mol. The standard InChI is InChI=1S/C26H47NO5/c1-2-3-7-27-16-23(25(30)24(29)22(27)17-28)32-9-6-4-5-8-31-18-26-13-19-10-20(14-26)12-21(11-19)15-26/h19-25,28-30H,2-18H2,1H3/t19?,20?,21?,22-,23+,24-,25-,26?/m1/s1. The zero-order chi connectivity index (χ0) is 22.6. The third kappa shape index (κ3) is 5.87. The summed E-state index contributed by atoms with van der Waals surface area (Å²) in [5, 5.41) is 30.5. The van der Waals surface area contributed by atoms with Gasteiger partial charge in [-0.1, -0.05) is 13.3 Å². The summed E-state index contributed by atoms with van der Waals surface area (Å²) in [4.78, 5) is 2.07. The van der Waals surface area contributed by atoms with Gasteiger partial charge in [0.1, 0.15) is 12.2 Å². The predicted octanol–water partition coefficient (Wildman–Crippen LogP) is 2.97. The van der Waals surface area contributed by atoms with E-state index in [0.29, 0.717) is 18.6 Å². The SMILES string of the molecule is CCCCN1C[C@H](OCCCCCOCC23CC4CC(CC(C4)C2)C3)[C@@H](O)[C@H](O)[C@H]1CO. The molecule has 3 N–H and O–H groups in total. The van der Waals surface area contributed by atoms with Crippen molar-refractivity contribution in [2.75, 3.05) is 39.5 Å². The Morgan fingerprint density at radius 2 is 1.53 bits per heavy atom. The third-order valence-electron chi connectivity index (χ3n) is 8.83. The van der Waals surface area contributed by atoms with Crippen molar-refractivity contribution < 1.29 is 24.8 Å². The van der Waals surface area contributed by atoms with E-state index in [0.717, 1.165) is 69.6 Å². The number of rotatable bonds is 13. The Balaban J connectivity index is 1.09. The van der Waals surface area contributed by atoms with E-state index in [4.69, 9.17) is 9.47 Å². The molecule has 0 radical (unpaired) electrons. The summed E-state index contributed by atoms with van der Waals surface area (Å²) >= 11 is 0. The molecule has 32 heavy (non-hydrogen) atoms. The molecule has 1 saturated heterocycles. The lowest BCUT2D eigenvalue weighted by molar-refractivity contribution is -0.163. The van der Waals surface area contributed by atoms with Gasteiger partial charge in [0.25, 0.3) is 0 Å². The maximum Gasteiger partial charge on any atom is 0.109 e. The first kappa shape index (κ1) is 24.9. The molecule has 6 heteroatoms. The van der Waals surface area contributed by atoms with E-state index < -0.39 is 24.4 Å². The summed E-state index contributed by atoms with van der Waals surface area (Å²) in [7, 11) is 0. The molecule has 0 amide bonds. The Morgan fingerprint density at radius 3 is 2.16 bits per heavy atom. The van der Waals surface area contributed by atoms with Crippen molar-refractivity contribution in [2.24, 2.45) is 23.2 Å². The van der Waals surface area contributed by atoms with Gasteiger partial charge in [0, 0.05) is 19.8 Å². The molecule has 0 unspecified atom stereocenters. The number of hydrogen-bond donors (Lipinski definition) is 3. The molecule has 6 nitrogen and oxygen atoms in total. The highest BCUT2D eigenvalue weighted by Gasteiger charge is 2.50. The first-order chi connectivity index (χ1) is 15.5. The Bertz CT molecular complexity index is 537. The quantitative estimate of drug-likeness (QED) is 0.372. The zero-order valence-electron chi connectivity index (χ0n) is 20.2. The summed E-state index contributed by atoms with van der Waals surface area (Å²) in [5.41, 5.74) is 0.506. The van der Waals surface area contributed by atoms with Crippen molar-refractivity contribution in [1.29, 1.82) is 0 Å². The van der Waals surface area contributed by atoms with Gasteiger partial charge in [0.2, 0.25) is 0 Å². The van der Waals surface area contributed by atoms with E-state index in [1.54, 1.807) is 0 Å². The summed E-state index contributed by atoms with van der Waals surface area (Å²) in [6.07, 6.45) is 11.5. The fourth-order valence-corrected chi connectivity index (χ4v) is 7.60. The van der Waals surface area contributed by atoms with Gasteiger partial charge in [0.05, 0.1) is 25.4 Å². The summed E-state index contributed by atoms with van der Waals surface area (Å²) in [5.74, 6) is 2.96. The van der Waals surface area contributed by atoms with Crippen LogP contribution in [0.15, 0.2) is 0 Å². The Hall–Kier alpha value is -0.240. The molecule has 0 aromatic heterocycles. The zero-order valence-corrected chi connectivity index (χ0v) is 20.2.